The average molecular weight is 274 g/mol. The maximum absolute atomic E-state index is 11.5. The van der Waals surface area contributed by atoms with Crippen molar-refractivity contribution in [2.45, 2.75) is 37.8 Å². The fourth-order valence-corrected chi connectivity index (χ4v) is 3.96. The Balaban J connectivity index is 1.49. The van der Waals surface area contributed by atoms with Crippen LogP contribution in [0.1, 0.15) is 25.7 Å². The SMILES string of the molecule is O=C1CN2CC3CC(N4CCCCC4)C=CC3N=C2N1. The Kier molecular flexibility index (Phi) is 3.02. The molecule has 3 aliphatic heterocycles. The first-order valence-electron chi connectivity index (χ1n) is 7.84. The number of piperidine rings is 1. The first kappa shape index (κ1) is 12.4. The van der Waals surface area contributed by atoms with Crippen LogP contribution in [0, 0.1) is 5.92 Å². The number of guanidine groups is 1. The molecule has 0 radical (unpaired) electrons. The summed E-state index contributed by atoms with van der Waals surface area (Å²) in [5.41, 5.74) is 0. The van der Waals surface area contributed by atoms with Crippen molar-refractivity contribution in [3.8, 4) is 0 Å². The number of carbonyl (C=O) groups is 1. The second-order valence-electron chi connectivity index (χ2n) is 6.42. The van der Waals surface area contributed by atoms with Crippen molar-refractivity contribution in [3.63, 3.8) is 0 Å². The molecule has 5 nitrogen and oxygen atoms in total. The summed E-state index contributed by atoms with van der Waals surface area (Å²) in [7, 11) is 0. The number of likely N-dealkylation sites (tertiary alicyclic amines) is 1. The number of hydrogen-bond donors (Lipinski definition) is 1. The third-order valence-corrected chi connectivity index (χ3v) is 5.03. The summed E-state index contributed by atoms with van der Waals surface area (Å²) >= 11 is 0. The van der Waals surface area contributed by atoms with Crippen molar-refractivity contribution in [2.24, 2.45) is 10.9 Å². The van der Waals surface area contributed by atoms with E-state index in [1.807, 2.05) is 0 Å². The molecule has 0 bridgehead atoms. The van der Waals surface area contributed by atoms with Gasteiger partial charge < -0.3 is 4.90 Å². The molecule has 4 rings (SSSR count). The minimum absolute atomic E-state index is 0.0824. The molecule has 0 aromatic rings. The van der Waals surface area contributed by atoms with Crippen molar-refractivity contribution in [1.29, 1.82) is 0 Å². The first-order valence-corrected chi connectivity index (χ1v) is 7.84. The monoisotopic (exact) mass is 274 g/mol. The molecule has 5 heteroatoms. The fraction of sp³-hybridized carbons (Fsp3) is 0.733. The van der Waals surface area contributed by atoms with Gasteiger partial charge >= 0.3 is 0 Å². The van der Waals surface area contributed by atoms with Crippen LogP contribution in [0.3, 0.4) is 0 Å². The quantitative estimate of drug-likeness (QED) is 0.712. The predicted molar refractivity (Wildman–Crippen MR) is 77.4 cm³/mol. The molecule has 3 atom stereocenters. The smallest absolute Gasteiger partial charge is 0.246 e. The lowest BCUT2D eigenvalue weighted by atomic mass is 9.84. The van der Waals surface area contributed by atoms with Crippen LogP contribution in [0.5, 0.6) is 0 Å². The largest absolute Gasteiger partial charge is 0.333 e. The van der Waals surface area contributed by atoms with Gasteiger partial charge in [-0.15, -0.1) is 0 Å². The highest BCUT2D eigenvalue weighted by Crippen LogP contribution is 2.30. The molecule has 2 fully saturated rings. The minimum atomic E-state index is 0.0824. The average Bonchev–Trinajstić information content (AvgIpc) is 2.84. The van der Waals surface area contributed by atoms with E-state index in [0.717, 1.165) is 12.5 Å². The zero-order chi connectivity index (χ0) is 13.5. The standard InChI is InChI=1S/C15H22N4O/c20-14-10-19-9-11-8-12(18-6-2-1-3-7-18)4-5-13(11)16-15(19)17-14/h4-5,11-13H,1-3,6-10H2,(H,16,17,20). The van der Waals surface area contributed by atoms with Crippen molar-refractivity contribution in [1.82, 2.24) is 15.1 Å². The van der Waals surface area contributed by atoms with E-state index in [1.165, 1.54) is 38.8 Å². The first-order chi connectivity index (χ1) is 9.79. The normalized spacial score (nSPS) is 37.2. The second kappa shape index (κ2) is 4.88. The summed E-state index contributed by atoms with van der Waals surface area (Å²) < 4.78 is 0. The van der Waals surface area contributed by atoms with E-state index in [1.54, 1.807) is 0 Å². The number of fused-ring (bicyclic) bond motifs is 2. The van der Waals surface area contributed by atoms with Crippen molar-refractivity contribution in [2.75, 3.05) is 26.2 Å². The van der Waals surface area contributed by atoms with Gasteiger partial charge in [-0.2, -0.15) is 0 Å². The van der Waals surface area contributed by atoms with Gasteiger partial charge in [0, 0.05) is 18.5 Å². The molecule has 3 heterocycles. The van der Waals surface area contributed by atoms with Gasteiger partial charge in [0.2, 0.25) is 11.9 Å². The molecule has 0 aromatic heterocycles. The van der Waals surface area contributed by atoms with Crippen LogP contribution in [0.15, 0.2) is 17.1 Å². The molecular weight excluding hydrogens is 252 g/mol. The number of rotatable bonds is 1. The molecule has 2 saturated heterocycles. The number of nitrogens with zero attached hydrogens (tertiary/aromatic N) is 3. The lowest BCUT2D eigenvalue weighted by molar-refractivity contribution is -0.118. The number of carbonyl (C=O) groups excluding carboxylic acids is 1. The highest BCUT2D eigenvalue weighted by Gasteiger charge is 2.38. The molecule has 0 saturated carbocycles. The van der Waals surface area contributed by atoms with Gasteiger partial charge in [0.25, 0.3) is 0 Å². The van der Waals surface area contributed by atoms with Crippen LogP contribution in [0.4, 0.5) is 0 Å². The molecule has 1 N–H and O–H groups in total. The molecule has 0 aromatic carbocycles. The summed E-state index contributed by atoms with van der Waals surface area (Å²) in [5.74, 6) is 1.43. The third kappa shape index (κ3) is 2.14. The summed E-state index contributed by atoms with van der Waals surface area (Å²) in [6, 6.07) is 0.847. The van der Waals surface area contributed by atoms with E-state index >= 15 is 0 Å². The maximum atomic E-state index is 11.5. The Bertz CT molecular complexity index is 466. The molecule has 108 valence electrons. The van der Waals surface area contributed by atoms with Gasteiger partial charge in [-0.05, 0) is 32.4 Å². The van der Waals surface area contributed by atoms with E-state index in [0.29, 0.717) is 18.5 Å². The van der Waals surface area contributed by atoms with Gasteiger partial charge in [0.05, 0.1) is 6.04 Å². The molecule has 0 spiro atoms. The summed E-state index contributed by atoms with van der Waals surface area (Å²) in [6.45, 7) is 3.94. The number of nitrogens with one attached hydrogen (secondary N) is 1. The van der Waals surface area contributed by atoms with E-state index in [4.69, 9.17) is 4.99 Å². The van der Waals surface area contributed by atoms with Gasteiger partial charge in [0.1, 0.15) is 6.54 Å². The Hall–Kier alpha value is -1.36. The van der Waals surface area contributed by atoms with Crippen LogP contribution < -0.4 is 5.32 Å². The molecule has 1 aliphatic carbocycles. The van der Waals surface area contributed by atoms with E-state index in [2.05, 4.69) is 27.3 Å². The van der Waals surface area contributed by atoms with E-state index in [9.17, 15) is 4.79 Å². The Morgan fingerprint density at radius 3 is 2.90 bits per heavy atom. The summed E-state index contributed by atoms with van der Waals surface area (Å²) in [5, 5.41) is 2.86. The summed E-state index contributed by atoms with van der Waals surface area (Å²) in [6.07, 6.45) is 9.86. The van der Waals surface area contributed by atoms with Crippen LogP contribution in [-0.2, 0) is 4.79 Å². The molecular formula is C15H22N4O. The molecule has 4 aliphatic rings. The van der Waals surface area contributed by atoms with Crippen LogP contribution in [0.2, 0.25) is 0 Å². The Morgan fingerprint density at radius 1 is 1.20 bits per heavy atom. The zero-order valence-electron chi connectivity index (χ0n) is 11.8. The predicted octanol–water partition coefficient (Wildman–Crippen LogP) is 0.587. The lowest BCUT2D eigenvalue weighted by Crippen LogP contribution is -2.48. The number of amides is 1. The van der Waals surface area contributed by atoms with Crippen molar-refractivity contribution < 1.29 is 4.79 Å². The van der Waals surface area contributed by atoms with Gasteiger partial charge in [-0.1, -0.05) is 18.6 Å². The van der Waals surface area contributed by atoms with Gasteiger partial charge in [0.15, 0.2) is 0 Å². The fourth-order valence-electron chi connectivity index (χ4n) is 3.96. The van der Waals surface area contributed by atoms with Gasteiger partial charge in [-0.25, -0.2) is 4.99 Å². The number of hydrogen-bond acceptors (Lipinski definition) is 4. The zero-order valence-corrected chi connectivity index (χ0v) is 11.8. The third-order valence-electron chi connectivity index (χ3n) is 5.03. The molecule has 3 unspecified atom stereocenters. The number of aliphatic imine (C=N–C) groups is 1. The second-order valence-corrected chi connectivity index (χ2v) is 6.42. The maximum Gasteiger partial charge on any atom is 0.246 e. The van der Waals surface area contributed by atoms with Crippen molar-refractivity contribution >= 4 is 11.9 Å². The highest BCUT2D eigenvalue weighted by atomic mass is 16.2. The van der Waals surface area contributed by atoms with Crippen LogP contribution >= 0.6 is 0 Å². The Morgan fingerprint density at radius 2 is 2.05 bits per heavy atom. The van der Waals surface area contributed by atoms with E-state index < -0.39 is 0 Å². The topological polar surface area (TPSA) is 47.9 Å². The van der Waals surface area contributed by atoms with Crippen LogP contribution in [-0.4, -0.2) is 59.9 Å². The van der Waals surface area contributed by atoms with Crippen molar-refractivity contribution in [3.05, 3.63) is 12.2 Å². The summed E-state index contributed by atoms with van der Waals surface area (Å²) in [4.78, 5) is 20.9. The minimum Gasteiger partial charge on any atom is -0.333 e. The Labute approximate surface area is 119 Å². The lowest BCUT2D eigenvalue weighted by Gasteiger charge is -2.41. The van der Waals surface area contributed by atoms with Gasteiger partial charge in [-0.3, -0.25) is 15.0 Å². The molecule has 1 amide bonds. The van der Waals surface area contributed by atoms with Crippen LogP contribution in [0.25, 0.3) is 0 Å². The molecule has 20 heavy (non-hydrogen) atoms. The van der Waals surface area contributed by atoms with E-state index in [-0.39, 0.29) is 11.9 Å². The highest BCUT2D eigenvalue weighted by molar-refractivity contribution is 6.04.